The summed E-state index contributed by atoms with van der Waals surface area (Å²) in [4.78, 5) is 14.2. The number of ether oxygens (including phenoxy) is 2. The summed E-state index contributed by atoms with van der Waals surface area (Å²) in [6.45, 7) is 10.6. The summed E-state index contributed by atoms with van der Waals surface area (Å²) < 4.78 is 10.9. The van der Waals surface area contributed by atoms with Crippen molar-refractivity contribution in [2.45, 2.75) is 40.0 Å². The highest BCUT2D eigenvalue weighted by Gasteiger charge is 2.07. The van der Waals surface area contributed by atoms with Crippen LogP contribution in [0.15, 0.2) is 24.3 Å². The number of unbranched alkanes of at least 4 members (excludes halogenated alkanes) is 1. The zero-order valence-electron chi connectivity index (χ0n) is 14.1. The van der Waals surface area contributed by atoms with Gasteiger partial charge in [-0.05, 0) is 50.2 Å². The number of esters is 1. The Kier molecular flexibility index (Phi) is 9.31. The minimum Gasteiger partial charge on any atom is -0.494 e. The molecule has 0 aliphatic carbocycles. The Morgan fingerprint density at radius 3 is 2.27 bits per heavy atom. The Bertz CT molecular complexity index is 413. The predicted molar refractivity (Wildman–Crippen MR) is 89.5 cm³/mol. The first-order valence-corrected chi connectivity index (χ1v) is 8.33. The van der Waals surface area contributed by atoms with Gasteiger partial charge in [0.05, 0.1) is 18.8 Å². The lowest BCUT2D eigenvalue weighted by Gasteiger charge is -2.17. The zero-order valence-corrected chi connectivity index (χ0v) is 14.1. The molecule has 124 valence electrons. The van der Waals surface area contributed by atoms with Crippen LogP contribution in [0.2, 0.25) is 0 Å². The first-order chi connectivity index (χ1) is 10.7. The lowest BCUT2D eigenvalue weighted by Crippen LogP contribution is -2.25. The first-order valence-electron chi connectivity index (χ1n) is 8.33. The van der Waals surface area contributed by atoms with Crippen molar-refractivity contribution in [2.75, 3.05) is 32.8 Å². The maximum atomic E-state index is 11.9. The minimum absolute atomic E-state index is 0.264. The lowest BCUT2D eigenvalue weighted by molar-refractivity contribution is 0.0489. The Balaban J connectivity index is 2.30. The van der Waals surface area contributed by atoms with Crippen LogP contribution in [0.4, 0.5) is 0 Å². The van der Waals surface area contributed by atoms with Crippen LogP contribution in [0.5, 0.6) is 5.75 Å². The van der Waals surface area contributed by atoms with E-state index >= 15 is 0 Å². The second kappa shape index (κ2) is 11.1. The molecule has 1 rings (SSSR count). The summed E-state index contributed by atoms with van der Waals surface area (Å²) in [6, 6.07) is 7.16. The fourth-order valence-corrected chi connectivity index (χ4v) is 2.10. The van der Waals surface area contributed by atoms with Gasteiger partial charge < -0.3 is 14.4 Å². The molecule has 0 aromatic heterocycles. The highest BCUT2D eigenvalue weighted by atomic mass is 16.5. The van der Waals surface area contributed by atoms with Crippen LogP contribution in [0.3, 0.4) is 0 Å². The molecule has 0 aliphatic rings. The van der Waals surface area contributed by atoms with Crippen molar-refractivity contribution in [3.63, 3.8) is 0 Å². The van der Waals surface area contributed by atoms with Gasteiger partial charge in [-0.2, -0.15) is 0 Å². The number of benzene rings is 1. The summed E-state index contributed by atoms with van der Waals surface area (Å²) in [7, 11) is 0. The van der Waals surface area contributed by atoms with E-state index in [1.165, 1.54) is 0 Å². The van der Waals surface area contributed by atoms with E-state index in [9.17, 15) is 4.79 Å². The molecule has 4 nitrogen and oxygen atoms in total. The molecule has 22 heavy (non-hydrogen) atoms. The molecule has 0 bridgehead atoms. The van der Waals surface area contributed by atoms with Crippen LogP contribution in [-0.2, 0) is 4.74 Å². The van der Waals surface area contributed by atoms with Gasteiger partial charge in [0.2, 0.25) is 0 Å². The Labute approximate surface area is 134 Å². The second-order valence-electron chi connectivity index (χ2n) is 5.24. The smallest absolute Gasteiger partial charge is 0.338 e. The molecule has 0 radical (unpaired) electrons. The van der Waals surface area contributed by atoms with Gasteiger partial charge in [0, 0.05) is 6.54 Å². The van der Waals surface area contributed by atoms with Crippen molar-refractivity contribution in [1.82, 2.24) is 4.90 Å². The van der Waals surface area contributed by atoms with Gasteiger partial charge in [-0.25, -0.2) is 4.79 Å². The van der Waals surface area contributed by atoms with E-state index in [0.717, 1.165) is 44.6 Å². The van der Waals surface area contributed by atoms with Crippen molar-refractivity contribution in [2.24, 2.45) is 0 Å². The monoisotopic (exact) mass is 307 g/mol. The first kappa shape index (κ1) is 18.5. The van der Waals surface area contributed by atoms with Crippen LogP contribution in [-0.4, -0.2) is 43.7 Å². The quantitative estimate of drug-likeness (QED) is 0.461. The molecular formula is C18H29NO3. The van der Waals surface area contributed by atoms with E-state index in [2.05, 4.69) is 25.7 Å². The molecule has 0 atom stereocenters. The fourth-order valence-electron chi connectivity index (χ4n) is 2.10. The van der Waals surface area contributed by atoms with Crippen molar-refractivity contribution in [3.8, 4) is 5.75 Å². The number of carbonyl (C=O) groups is 1. The molecule has 0 saturated carbocycles. The third kappa shape index (κ3) is 6.94. The maximum Gasteiger partial charge on any atom is 0.338 e. The van der Waals surface area contributed by atoms with E-state index in [1.54, 1.807) is 12.1 Å². The molecule has 0 saturated heterocycles. The number of rotatable bonds is 11. The summed E-state index contributed by atoms with van der Waals surface area (Å²) in [5.41, 5.74) is 0.575. The Morgan fingerprint density at radius 1 is 1.00 bits per heavy atom. The highest BCUT2D eigenvalue weighted by molar-refractivity contribution is 5.89. The van der Waals surface area contributed by atoms with E-state index < -0.39 is 0 Å². The van der Waals surface area contributed by atoms with Gasteiger partial charge in [-0.15, -0.1) is 0 Å². The average Bonchev–Trinajstić information content (AvgIpc) is 2.55. The molecule has 0 heterocycles. The van der Waals surface area contributed by atoms with Gasteiger partial charge in [-0.1, -0.05) is 27.2 Å². The van der Waals surface area contributed by atoms with Crippen LogP contribution >= 0.6 is 0 Å². The maximum absolute atomic E-state index is 11.9. The van der Waals surface area contributed by atoms with E-state index in [0.29, 0.717) is 18.8 Å². The Hall–Kier alpha value is -1.55. The van der Waals surface area contributed by atoms with Gasteiger partial charge in [0.15, 0.2) is 0 Å². The van der Waals surface area contributed by atoms with Crippen LogP contribution in [0, 0.1) is 0 Å². The molecule has 0 unspecified atom stereocenters. The zero-order chi connectivity index (χ0) is 16.2. The third-order valence-corrected chi connectivity index (χ3v) is 3.60. The summed E-state index contributed by atoms with van der Waals surface area (Å²) in [6.07, 6.45) is 3.01. The van der Waals surface area contributed by atoms with Gasteiger partial charge in [0.1, 0.15) is 5.75 Å². The normalized spacial score (nSPS) is 10.7. The van der Waals surface area contributed by atoms with Crippen molar-refractivity contribution >= 4 is 5.97 Å². The van der Waals surface area contributed by atoms with Crippen molar-refractivity contribution < 1.29 is 14.3 Å². The minimum atomic E-state index is -0.264. The van der Waals surface area contributed by atoms with E-state index in [4.69, 9.17) is 9.47 Å². The highest BCUT2D eigenvalue weighted by Crippen LogP contribution is 2.13. The number of nitrogens with zero attached hydrogens (tertiary/aromatic N) is 1. The molecule has 1 aromatic rings. The largest absolute Gasteiger partial charge is 0.494 e. The molecule has 4 heteroatoms. The van der Waals surface area contributed by atoms with Crippen LogP contribution in [0.1, 0.15) is 50.4 Å². The number of hydrogen-bond acceptors (Lipinski definition) is 4. The fraction of sp³-hybridized carbons (Fsp3) is 0.611. The predicted octanol–water partition coefficient (Wildman–Crippen LogP) is 3.75. The SMILES string of the molecule is CCCCOc1ccc(C(=O)OCCCN(CC)CC)cc1. The topological polar surface area (TPSA) is 38.8 Å². The standard InChI is InChI=1S/C18H29NO3/c1-4-7-14-21-17-11-9-16(10-12-17)18(20)22-15-8-13-19(5-2)6-3/h9-12H,4-8,13-15H2,1-3H3. The molecular weight excluding hydrogens is 278 g/mol. The molecule has 0 fully saturated rings. The molecule has 0 N–H and O–H groups in total. The molecule has 0 amide bonds. The van der Waals surface area contributed by atoms with Crippen LogP contribution < -0.4 is 4.74 Å². The van der Waals surface area contributed by atoms with Crippen LogP contribution in [0.25, 0.3) is 0 Å². The van der Waals surface area contributed by atoms with Crippen molar-refractivity contribution in [1.29, 1.82) is 0 Å². The van der Waals surface area contributed by atoms with E-state index in [1.807, 2.05) is 12.1 Å². The van der Waals surface area contributed by atoms with Gasteiger partial charge in [0.25, 0.3) is 0 Å². The average molecular weight is 307 g/mol. The summed E-state index contributed by atoms with van der Waals surface area (Å²) >= 11 is 0. The number of hydrogen-bond donors (Lipinski definition) is 0. The summed E-state index contributed by atoms with van der Waals surface area (Å²) in [5, 5.41) is 0. The van der Waals surface area contributed by atoms with Gasteiger partial charge in [-0.3, -0.25) is 0 Å². The van der Waals surface area contributed by atoms with Gasteiger partial charge >= 0.3 is 5.97 Å². The Morgan fingerprint density at radius 2 is 1.68 bits per heavy atom. The molecule has 1 aromatic carbocycles. The van der Waals surface area contributed by atoms with Crippen molar-refractivity contribution in [3.05, 3.63) is 29.8 Å². The molecule has 0 aliphatic heterocycles. The third-order valence-electron chi connectivity index (χ3n) is 3.60. The number of carbonyl (C=O) groups excluding carboxylic acids is 1. The summed E-state index contributed by atoms with van der Waals surface area (Å²) in [5.74, 6) is 0.534. The second-order valence-corrected chi connectivity index (χ2v) is 5.24. The lowest BCUT2D eigenvalue weighted by atomic mass is 10.2. The van der Waals surface area contributed by atoms with E-state index in [-0.39, 0.29) is 5.97 Å². The molecule has 0 spiro atoms.